The number of nitrogens with zero attached hydrogens (tertiary/aromatic N) is 2. The molecule has 0 N–H and O–H groups in total. The van der Waals surface area contributed by atoms with E-state index in [1.165, 1.54) is 29.0 Å². The molecule has 94 valence electrons. The molecule has 2 heterocycles. The maximum atomic E-state index is 4.69. The molecule has 1 aliphatic heterocycles. The zero-order chi connectivity index (χ0) is 12.5. The fourth-order valence-corrected chi connectivity index (χ4v) is 3.46. The third-order valence-electron chi connectivity index (χ3n) is 3.43. The lowest BCUT2D eigenvalue weighted by atomic mass is 10.0. The first-order valence-corrected chi connectivity index (χ1v) is 8.20. The minimum atomic E-state index is 0.973. The second-order valence-electron chi connectivity index (χ2n) is 4.51. The van der Waals surface area contributed by atoms with Gasteiger partial charge in [0, 0.05) is 22.7 Å². The highest BCUT2D eigenvalue weighted by Crippen LogP contribution is 2.31. The summed E-state index contributed by atoms with van der Waals surface area (Å²) in [5, 5.41) is 0. The van der Waals surface area contributed by atoms with E-state index in [1.54, 1.807) is 11.8 Å². The summed E-state index contributed by atoms with van der Waals surface area (Å²) >= 11 is 5.35. The van der Waals surface area contributed by atoms with E-state index in [0.29, 0.717) is 0 Å². The molecule has 2 nitrogen and oxygen atoms in total. The van der Waals surface area contributed by atoms with Gasteiger partial charge in [-0.15, -0.1) is 11.8 Å². The molecule has 0 unspecified atom stereocenters. The molecule has 18 heavy (non-hydrogen) atoms. The summed E-state index contributed by atoms with van der Waals surface area (Å²) in [6.07, 6.45) is 5.77. The maximum absolute atomic E-state index is 4.69. The first-order valence-electron chi connectivity index (χ1n) is 6.19. The second-order valence-corrected chi connectivity index (χ2v) is 6.10. The highest BCUT2D eigenvalue weighted by atomic mass is 79.9. The van der Waals surface area contributed by atoms with Crippen LogP contribution in [0.3, 0.4) is 0 Å². The molecule has 2 aromatic rings. The SMILES string of the molecule is CSc1ccc(-c2nc(Br)n3c2CCCC3)cc1. The van der Waals surface area contributed by atoms with Crippen LogP contribution in [0.25, 0.3) is 11.3 Å². The number of benzene rings is 1. The molecule has 0 fully saturated rings. The smallest absolute Gasteiger partial charge is 0.177 e. The van der Waals surface area contributed by atoms with Gasteiger partial charge in [-0.3, -0.25) is 0 Å². The second kappa shape index (κ2) is 5.10. The Balaban J connectivity index is 2.05. The monoisotopic (exact) mass is 322 g/mol. The van der Waals surface area contributed by atoms with Gasteiger partial charge >= 0.3 is 0 Å². The van der Waals surface area contributed by atoms with E-state index in [-0.39, 0.29) is 0 Å². The topological polar surface area (TPSA) is 17.8 Å². The fraction of sp³-hybridized carbons (Fsp3) is 0.357. The average molecular weight is 323 g/mol. The molecule has 3 rings (SSSR count). The minimum Gasteiger partial charge on any atom is -0.322 e. The molecule has 4 heteroatoms. The fourth-order valence-electron chi connectivity index (χ4n) is 2.48. The van der Waals surface area contributed by atoms with Gasteiger partial charge in [-0.2, -0.15) is 0 Å². The molecule has 0 atom stereocenters. The molecular formula is C14H15BrN2S. The van der Waals surface area contributed by atoms with E-state index in [0.717, 1.165) is 23.4 Å². The van der Waals surface area contributed by atoms with Gasteiger partial charge in [0.2, 0.25) is 0 Å². The van der Waals surface area contributed by atoms with Crippen molar-refractivity contribution in [3.63, 3.8) is 0 Å². The summed E-state index contributed by atoms with van der Waals surface area (Å²) in [5.41, 5.74) is 3.75. The van der Waals surface area contributed by atoms with E-state index in [2.05, 4.69) is 51.0 Å². The zero-order valence-electron chi connectivity index (χ0n) is 10.3. The maximum Gasteiger partial charge on any atom is 0.177 e. The minimum absolute atomic E-state index is 0.973. The van der Waals surface area contributed by atoms with E-state index >= 15 is 0 Å². The number of hydrogen-bond acceptors (Lipinski definition) is 2. The van der Waals surface area contributed by atoms with E-state index in [1.807, 2.05) is 0 Å². The van der Waals surface area contributed by atoms with Crippen molar-refractivity contribution >= 4 is 27.7 Å². The van der Waals surface area contributed by atoms with Crippen molar-refractivity contribution in [3.05, 3.63) is 34.7 Å². The molecule has 0 saturated heterocycles. The lowest BCUT2D eigenvalue weighted by Gasteiger charge is -2.16. The summed E-state index contributed by atoms with van der Waals surface area (Å²) in [4.78, 5) is 5.99. The lowest BCUT2D eigenvalue weighted by molar-refractivity contribution is 0.525. The number of fused-ring (bicyclic) bond motifs is 1. The summed E-state index contributed by atoms with van der Waals surface area (Å²) in [5.74, 6) is 0. The van der Waals surface area contributed by atoms with E-state index < -0.39 is 0 Å². The Bertz CT molecular complexity index is 560. The quantitative estimate of drug-likeness (QED) is 0.764. The Labute approximate surface area is 120 Å². The van der Waals surface area contributed by atoms with Crippen molar-refractivity contribution in [2.75, 3.05) is 6.26 Å². The van der Waals surface area contributed by atoms with Gasteiger partial charge in [-0.1, -0.05) is 12.1 Å². The summed E-state index contributed by atoms with van der Waals surface area (Å²) in [6.45, 7) is 1.09. The van der Waals surface area contributed by atoms with E-state index in [9.17, 15) is 0 Å². The van der Waals surface area contributed by atoms with Gasteiger partial charge in [0.25, 0.3) is 0 Å². The Kier molecular flexibility index (Phi) is 3.48. The normalized spacial score (nSPS) is 14.6. The summed E-state index contributed by atoms with van der Waals surface area (Å²) in [7, 11) is 0. The van der Waals surface area contributed by atoms with Gasteiger partial charge in [0.1, 0.15) is 0 Å². The van der Waals surface area contributed by atoms with Crippen molar-refractivity contribution in [1.29, 1.82) is 0 Å². The third kappa shape index (κ3) is 2.12. The van der Waals surface area contributed by atoms with Crippen molar-refractivity contribution in [2.24, 2.45) is 0 Å². The van der Waals surface area contributed by atoms with Gasteiger partial charge in [-0.25, -0.2) is 4.98 Å². The number of rotatable bonds is 2. The largest absolute Gasteiger partial charge is 0.322 e. The van der Waals surface area contributed by atoms with Crippen molar-refractivity contribution in [2.45, 2.75) is 30.7 Å². The van der Waals surface area contributed by atoms with Crippen LogP contribution in [0.1, 0.15) is 18.5 Å². The van der Waals surface area contributed by atoms with Crippen molar-refractivity contribution in [3.8, 4) is 11.3 Å². The molecule has 1 aromatic heterocycles. The Morgan fingerprint density at radius 3 is 2.72 bits per heavy atom. The van der Waals surface area contributed by atoms with Gasteiger partial charge < -0.3 is 4.57 Å². The number of hydrogen-bond donors (Lipinski definition) is 0. The van der Waals surface area contributed by atoms with Gasteiger partial charge in [-0.05, 0) is 53.6 Å². The molecule has 0 spiro atoms. The highest BCUT2D eigenvalue weighted by molar-refractivity contribution is 9.10. The molecule has 0 radical (unpaired) electrons. The number of imidazole rings is 1. The Hall–Kier alpha value is -0.740. The Morgan fingerprint density at radius 1 is 1.22 bits per heavy atom. The first kappa shape index (κ1) is 12.3. The number of aromatic nitrogens is 2. The predicted octanol–water partition coefficient (Wildman–Crippen LogP) is 4.37. The molecular weight excluding hydrogens is 308 g/mol. The average Bonchev–Trinajstić information content (AvgIpc) is 2.77. The summed E-state index contributed by atoms with van der Waals surface area (Å²) < 4.78 is 3.28. The Morgan fingerprint density at radius 2 is 2.00 bits per heavy atom. The zero-order valence-corrected chi connectivity index (χ0v) is 12.7. The molecule has 0 aliphatic carbocycles. The molecule has 1 aromatic carbocycles. The van der Waals surface area contributed by atoms with Crippen LogP contribution in [0.5, 0.6) is 0 Å². The van der Waals surface area contributed by atoms with Crippen LogP contribution < -0.4 is 0 Å². The van der Waals surface area contributed by atoms with Crippen LogP contribution in [-0.2, 0) is 13.0 Å². The molecule has 1 aliphatic rings. The van der Waals surface area contributed by atoms with Crippen LogP contribution >= 0.6 is 27.7 Å². The standard InChI is InChI=1S/C14H15BrN2S/c1-18-11-7-5-10(6-8-11)13-12-4-2-3-9-17(12)14(15)16-13/h5-8H,2-4,9H2,1H3. The van der Waals surface area contributed by atoms with Crippen LogP contribution in [0.4, 0.5) is 0 Å². The van der Waals surface area contributed by atoms with Gasteiger partial charge in [0.05, 0.1) is 5.69 Å². The lowest BCUT2D eigenvalue weighted by Crippen LogP contribution is -2.10. The van der Waals surface area contributed by atoms with Crippen molar-refractivity contribution < 1.29 is 0 Å². The number of thioether (sulfide) groups is 1. The van der Waals surface area contributed by atoms with Crippen LogP contribution in [0.15, 0.2) is 33.9 Å². The first-order chi connectivity index (χ1) is 8.79. The molecule has 0 saturated carbocycles. The van der Waals surface area contributed by atoms with Gasteiger partial charge in [0.15, 0.2) is 4.73 Å². The number of halogens is 1. The highest BCUT2D eigenvalue weighted by Gasteiger charge is 2.19. The van der Waals surface area contributed by atoms with Crippen LogP contribution in [0, 0.1) is 0 Å². The van der Waals surface area contributed by atoms with Crippen LogP contribution in [0.2, 0.25) is 0 Å². The molecule has 0 amide bonds. The predicted molar refractivity (Wildman–Crippen MR) is 80.1 cm³/mol. The summed E-state index contributed by atoms with van der Waals surface area (Å²) in [6, 6.07) is 8.69. The molecule has 0 bridgehead atoms. The van der Waals surface area contributed by atoms with Crippen molar-refractivity contribution in [1.82, 2.24) is 9.55 Å². The van der Waals surface area contributed by atoms with E-state index in [4.69, 9.17) is 4.98 Å². The van der Waals surface area contributed by atoms with Crippen LogP contribution in [-0.4, -0.2) is 15.8 Å². The third-order valence-corrected chi connectivity index (χ3v) is 4.78.